The molecule has 0 aromatic heterocycles. The Kier molecular flexibility index (Phi) is 3.70. The lowest BCUT2D eigenvalue weighted by Gasteiger charge is -2.52. The van der Waals surface area contributed by atoms with E-state index in [-0.39, 0.29) is 5.41 Å². The Morgan fingerprint density at radius 2 is 2.04 bits per heavy atom. The second kappa shape index (κ2) is 5.50. The standard InChI is InChI=1S/C21H30O2/c1-13(2)21-11-10-17-16-7-5-15(23-3)12-14(16)4-6-18(17)19(21)8-9-20(21)22/h5,13,17-19H,4,6-12H2,1-3H3/t17-,18-,19+,21-/m1/s1. The average molecular weight is 314 g/mol. The van der Waals surface area contributed by atoms with Crippen LogP contribution in [0.15, 0.2) is 23.0 Å². The summed E-state index contributed by atoms with van der Waals surface area (Å²) in [6.07, 6.45) is 11.3. The van der Waals surface area contributed by atoms with Gasteiger partial charge in [-0.15, -0.1) is 0 Å². The first kappa shape index (κ1) is 15.5. The number of rotatable bonds is 2. The van der Waals surface area contributed by atoms with Gasteiger partial charge in [0.05, 0.1) is 12.9 Å². The maximum Gasteiger partial charge on any atom is 0.139 e. The molecule has 2 heteroatoms. The van der Waals surface area contributed by atoms with E-state index in [1.165, 1.54) is 19.3 Å². The Morgan fingerprint density at radius 1 is 1.22 bits per heavy atom. The van der Waals surface area contributed by atoms with E-state index in [0.717, 1.165) is 49.7 Å². The summed E-state index contributed by atoms with van der Waals surface area (Å²) in [4.78, 5) is 12.8. The van der Waals surface area contributed by atoms with E-state index < -0.39 is 0 Å². The molecular formula is C21H30O2. The van der Waals surface area contributed by atoms with Crippen LogP contribution < -0.4 is 0 Å². The molecule has 126 valence electrons. The summed E-state index contributed by atoms with van der Waals surface area (Å²) in [6.45, 7) is 4.58. The minimum atomic E-state index is 0.0153. The quantitative estimate of drug-likeness (QED) is 0.667. The fourth-order valence-electron chi connectivity index (χ4n) is 6.59. The summed E-state index contributed by atoms with van der Waals surface area (Å²) >= 11 is 0. The third-order valence-electron chi connectivity index (χ3n) is 7.68. The first-order valence-electron chi connectivity index (χ1n) is 9.55. The van der Waals surface area contributed by atoms with Crippen LogP contribution in [-0.4, -0.2) is 12.9 Å². The average Bonchev–Trinajstić information content (AvgIpc) is 2.92. The van der Waals surface area contributed by atoms with Crippen molar-refractivity contribution in [1.29, 1.82) is 0 Å². The minimum absolute atomic E-state index is 0.0153. The van der Waals surface area contributed by atoms with Gasteiger partial charge in [0.1, 0.15) is 5.78 Å². The number of Topliss-reactive ketones (excluding diaryl/α,β-unsaturated/α-hetero) is 1. The second-order valence-corrected chi connectivity index (χ2v) is 8.50. The van der Waals surface area contributed by atoms with Crippen LogP contribution in [-0.2, 0) is 9.53 Å². The van der Waals surface area contributed by atoms with Gasteiger partial charge in [-0.1, -0.05) is 25.0 Å². The van der Waals surface area contributed by atoms with Gasteiger partial charge < -0.3 is 4.74 Å². The van der Waals surface area contributed by atoms with Gasteiger partial charge in [-0.2, -0.15) is 0 Å². The molecule has 0 amide bonds. The van der Waals surface area contributed by atoms with Crippen molar-refractivity contribution in [2.75, 3.05) is 7.11 Å². The van der Waals surface area contributed by atoms with Crippen LogP contribution in [0.4, 0.5) is 0 Å². The van der Waals surface area contributed by atoms with Crippen molar-refractivity contribution in [3.05, 3.63) is 23.0 Å². The fourth-order valence-corrected chi connectivity index (χ4v) is 6.59. The summed E-state index contributed by atoms with van der Waals surface area (Å²) in [6, 6.07) is 0. The van der Waals surface area contributed by atoms with E-state index >= 15 is 0 Å². The lowest BCUT2D eigenvalue weighted by atomic mass is 9.51. The Balaban J connectivity index is 1.64. The molecule has 23 heavy (non-hydrogen) atoms. The van der Waals surface area contributed by atoms with Gasteiger partial charge >= 0.3 is 0 Å². The van der Waals surface area contributed by atoms with Crippen LogP contribution >= 0.6 is 0 Å². The maximum atomic E-state index is 12.8. The molecule has 0 bridgehead atoms. The fraction of sp³-hybridized carbons (Fsp3) is 0.762. The summed E-state index contributed by atoms with van der Waals surface area (Å²) < 4.78 is 5.49. The molecule has 0 unspecified atom stereocenters. The topological polar surface area (TPSA) is 26.3 Å². The van der Waals surface area contributed by atoms with Crippen molar-refractivity contribution in [3.8, 4) is 0 Å². The molecule has 0 N–H and O–H groups in total. The van der Waals surface area contributed by atoms with Crippen LogP contribution in [0.5, 0.6) is 0 Å². The van der Waals surface area contributed by atoms with Crippen molar-refractivity contribution < 1.29 is 9.53 Å². The van der Waals surface area contributed by atoms with Gasteiger partial charge in [0.15, 0.2) is 0 Å². The molecular weight excluding hydrogens is 284 g/mol. The van der Waals surface area contributed by atoms with Crippen molar-refractivity contribution >= 4 is 5.78 Å². The maximum absolute atomic E-state index is 12.8. The predicted octanol–water partition coefficient (Wildman–Crippen LogP) is 5.05. The molecule has 4 aliphatic rings. The summed E-state index contributed by atoms with van der Waals surface area (Å²) in [5, 5.41) is 0. The van der Waals surface area contributed by atoms with Gasteiger partial charge in [-0.05, 0) is 68.3 Å². The highest BCUT2D eigenvalue weighted by Crippen LogP contribution is 2.62. The zero-order valence-corrected chi connectivity index (χ0v) is 14.9. The number of hydrogen-bond donors (Lipinski definition) is 0. The number of methoxy groups -OCH3 is 1. The highest BCUT2D eigenvalue weighted by molar-refractivity contribution is 5.87. The molecule has 4 rings (SSSR count). The smallest absolute Gasteiger partial charge is 0.139 e. The third kappa shape index (κ3) is 2.09. The first-order valence-corrected chi connectivity index (χ1v) is 9.55. The Morgan fingerprint density at radius 3 is 2.78 bits per heavy atom. The van der Waals surface area contributed by atoms with E-state index in [1.54, 1.807) is 18.3 Å². The molecule has 0 saturated heterocycles. The largest absolute Gasteiger partial charge is 0.501 e. The van der Waals surface area contributed by atoms with E-state index in [1.807, 2.05) is 0 Å². The molecule has 0 radical (unpaired) electrons. The summed E-state index contributed by atoms with van der Waals surface area (Å²) in [7, 11) is 1.80. The van der Waals surface area contributed by atoms with Crippen molar-refractivity contribution in [2.24, 2.45) is 29.1 Å². The molecule has 2 nitrogen and oxygen atoms in total. The highest BCUT2D eigenvalue weighted by Gasteiger charge is 2.58. The van der Waals surface area contributed by atoms with Gasteiger partial charge in [0, 0.05) is 18.3 Å². The van der Waals surface area contributed by atoms with E-state index in [4.69, 9.17) is 4.74 Å². The Hall–Kier alpha value is -1.05. The van der Waals surface area contributed by atoms with Crippen LogP contribution in [0.25, 0.3) is 0 Å². The van der Waals surface area contributed by atoms with Crippen molar-refractivity contribution in [3.63, 3.8) is 0 Å². The molecule has 2 fully saturated rings. The highest BCUT2D eigenvalue weighted by atomic mass is 16.5. The molecule has 0 spiro atoms. The van der Waals surface area contributed by atoms with E-state index in [2.05, 4.69) is 19.9 Å². The summed E-state index contributed by atoms with van der Waals surface area (Å²) in [5.41, 5.74) is 3.40. The number of allylic oxidation sites excluding steroid dienone is 3. The molecule has 4 atom stereocenters. The molecule has 4 aliphatic carbocycles. The van der Waals surface area contributed by atoms with Gasteiger partial charge in [0.2, 0.25) is 0 Å². The normalized spacial score (nSPS) is 39.7. The number of carbonyl (C=O) groups excluding carboxylic acids is 1. The second-order valence-electron chi connectivity index (χ2n) is 8.50. The molecule has 0 aliphatic heterocycles. The van der Waals surface area contributed by atoms with Crippen LogP contribution in [0.3, 0.4) is 0 Å². The number of hydrogen-bond acceptors (Lipinski definition) is 2. The van der Waals surface area contributed by atoms with E-state index in [9.17, 15) is 4.79 Å². The monoisotopic (exact) mass is 314 g/mol. The zero-order valence-electron chi connectivity index (χ0n) is 14.9. The number of ether oxygens (including phenoxy) is 1. The third-order valence-corrected chi connectivity index (χ3v) is 7.68. The number of ketones is 1. The molecule has 0 aromatic rings. The lowest BCUT2D eigenvalue weighted by molar-refractivity contribution is -0.135. The van der Waals surface area contributed by atoms with Crippen molar-refractivity contribution in [2.45, 2.75) is 65.2 Å². The van der Waals surface area contributed by atoms with Gasteiger partial charge in [-0.3, -0.25) is 4.79 Å². The SMILES string of the molecule is COC1=CCC2=C(CC[C@@H]3[C@@H]2CC[C@]2(C(C)C)C(=O)CC[C@@H]32)C1. The predicted molar refractivity (Wildman–Crippen MR) is 91.8 cm³/mol. The number of fused-ring (bicyclic) bond motifs is 4. The molecule has 0 aromatic carbocycles. The van der Waals surface area contributed by atoms with Crippen LogP contribution in [0, 0.1) is 29.1 Å². The molecule has 0 heterocycles. The van der Waals surface area contributed by atoms with Crippen molar-refractivity contribution in [1.82, 2.24) is 0 Å². The van der Waals surface area contributed by atoms with E-state index in [0.29, 0.717) is 17.6 Å². The summed E-state index contributed by atoms with van der Waals surface area (Å²) in [5.74, 6) is 4.40. The van der Waals surface area contributed by atoms with Crippen LogP contribution in [0.1, 0.15) is 65.2 Å². The lowest BCUT2D eigenvalue weighted by Crippen LogP contribution is -2.48. The zero-order chi connectivity index (χ0) is 16.2. The first-order chi connectivity index (χ1) is 11.1. The van der Waals surface area contributed by atoms with Gasteiger partial charge in [0.25, 0.3) is 0 Å². The van der Waals surface area contributed by atoms with Crippen LogP contribution in [0.2, 0.25) is 0 Å². The molecule has 2 saturated carbocycles. The Labute approximate surface area is 140 Å². The minimum Gasteiger partial charge on any atom is -0.501 e. The van der Waals surface area contributed by atoms with Gasteiger partial charge in [-0.25, -0.2) is 0 Å². The Bertz CT molecular complexity index is 583. The number of carbonyl (C=O) groups is 1.